The van der Waals surface area contributed by atoms with Crippen molar-refractivity contribution in [2.45, 2.75) is 19.8 Å². The summed E-state index contributed by atoms with van der Waals surface area (Å²) in [5.74, 6) is -3.56. The molecular weight excluding hydrogens is 426 g/mol. The third-order valence-corrected chi connectivity index (χ3v) is 6.39. The molecule has 2 aromatic rings. The highest BCUT2D eigenvalue weighted by atomic mass is 32.2. The van der Waals surface area contributed by atoms with Gasteiger partial charge in [0.1, 0.15) is 5.92 Å². The summed E-state index contributed by atoms with van der Waals surface area (Å²) in [5.41, 5.74) is 3.61. The van der Waals surface area contributed by atoms with Gasteiger partial charge in [0.25, 0.3) is 0 Å². The van der Waals surface area contributed by atoms with Crippen molar-refractivity contribution in [3.05, 3.63) is 75.8 Å². The number of hydrogen-bond acceptors (Lipinski definition) is 6. The van der Waals surface area contributed by atoms with Crippen molar-refractivity contribution < 1.29 is 19.1 Å². The van der Waals surface area contributed by atoms with Crippen molar-refractivity contribution in [1.29, 1.82) is 5.26 Å². The predicted molar refractivity (Wildman–Crippen MR) is 122 cm³/mol. The van der Waals surface area contributed by atoms with Crippen LogP contribution in [0.5, 0.6) is 0 Å². The smallest absolute Gasteiger partial charge is 0.319 e. The Morgan fingerprint density at radius 2 is 1.88 bits per heavy atom. The van der Waals surface area contributed by atoms with Gasteiger partial charge in [-0.15, -0.1) is 0 Å². The van der Waals surface area contributed by atoms with E-state index in [1.807, 2.05) is 38.1 Å². The van der Waals surface area contributed by atoms with Crippen LogP contribution in [0.1, 0.15) is 22.6 Å². The number of aryl methyl sites for hydroxylation is 1. The van der Waals surface area contributed by atoms with Crippen LogP contribution >= 0.6 is 11.8 Å². The Labute approximate surface area is 190 Å². The molecule has 32 heavy (non-hydrogen) atoms. The lowest BCUT2D eigenvalue weighted by atomic mass is 9.78. The zero-order valence-corrected chi connectivity index (χ0v) is 18.8. The van der Waals surface area contributed by atoms with Crippen molar-refractivity contribution in [3.8, 4) is 6.07 Å². The van der Waals surface area contributed by atoms with E-state index in [4.69, 9.17) is 4.74 Å². The first-order chi connectivity index (χ1) is 15.4. The summed E-state index contributed by atoms with van der Waals surface area (Å²) >= 11 is 1.05. The van der Waals surface area contributed by atoms with E-state index < -0.39 is 23.7 Å². The number of methoxy groups -OCH3 is 1. The third-order valence-electron chi connectivity index (χ3n) is 5.37. The predicted octanol–water partition coefficient (Wildman–Crippen LogP) is 3.41. The number of carbonyl (C=O) groups is 3. The zero-order valence-electron chi connectivity index (χ0n) is 18.0. The lowest BCUT2D eigenvalue weighted by Crippen LogP contribution is -2.44. The molecule has 1 aliphatic heterocycles. The summed E-state index contributed by atoms with van der Waals surface area (Å²) in [4.78, 5) is 37.7. The molecule has 2 amide bonds. The number of esters is 1. The Bertz CT molecular complexity index is 1120. The van der Waals surface area contributed by atoms with Crippen LogP contribution in [-0.2, 0) is 19.1 Å². The molecule has 0 radical (unpaired) electrons. The first-order valence-corrected chi connectivity index (χ1v) is 10.9. The molecule has 2 atom stereocenters. The quantitative estimate of drug-likeness (QED) is 0.517. The van der Waals surface area contributed by atoms with Crippen LogP contribution < -0.4 is 10.6 Å². The molecule has 164 valence electrons. The van der Waals surface area contributed by atoms with Crippen molar-refractivity contribution in [3.63, 3.8) is 0 Å². The van der Waals surface area contributed by atoms with Gasteiger partial charge in [-0.05, 0) is 36.6 Å². The normalized spacial score (nSPS) is 17.9. The van der Waals surface area contributed by atoms with Gasteiger partial charge in [-0.3, -0.25) is 14.4 Å². The van der Waals surface area contributed by atoms with Crippen LogP contribution in [0.4, 0.5) is 5.69 Å². The number of carbonyl (C=O) groups excluding carboxylic acids is 3. The van der Waals surface area contributed by atoms with Crippen molar-refractivity contribution in [2.75, 3.05) is 18.2 Å². The summed E-state index contributed by atoms with van der Waals surface area (Å²) in [6.07, 6.45) is 0. The van der Waals surface area contributed by atoms with E-state index in [1.54, 1.807) is 24.3 Å². The monoisotopic (exact) mass is 449 g/mol. The molecular formula is C24H23N3O4S. The second-order valence-electron chi connectivity index (χ2n) is 7.32. The van der Waals surface area contributed by atoms with Gasteiger partial charge in [0.2, 0.25) is 11.8 Å². The van der Waals surface area contributed by atoms with E-state index in [1.165, 1.54) is 7.11 Å². The number of benzene rings is 2. The second kappa shape index (κ2) is 10.2. The number of amides is 2. The Hall–Kier alpha value is -3.57. The fourth-order valence-electron chi connectivity index (χ4n) is 3.55. The van der Waals surface area contributed by atoms with Crippen LogP contribution in [0, 0.1) is 31.1 Å². The van der Waals surface area contributed by atoms with Crippen molar-refractivity contribution in [2.24, 2.45) is 5.92 Å². The van der Waals surface area contributed by atoms with Crippen LogP contribution in [0.15, 0.2) is 59.1 Å². The SMILES string of the molecule is COC(=O)[C@@H]1C(=O)NC(SCC(=O)Nc2cccc(C)c2C)=C(C#N)[C@@H]1c1ccccc1. The van der Waals surface area contributed by atoms with E-state index in [0.717, 1.165) is 22.9 Å². The summed E-state index contributed by atoms with van der Waals surface area (Å²) in [5, 5.41) is 15.6. The molecule has 0 aliphatic carbocycles. The highest BCUT2D eigenvalue weighted by Crippen LogP contribution is 2.40. The average Bonchev–Trinajstić information content (AvgIpc) is 2.80. The lowest BCUT2D eigenvalue weighted by Gasteiger charge is -2.30. The molecule has 0 unspecified atom stereocenters. The molecule has 8 heteroatoms. The number of nitrogens with one attached hydrogen (secondary N) is 2. The van der Waals surface area contributed by atoms with Gasteiger partial charge in [-0.2, -0.15) is 5.26 Å². The average molecular weight is 450 g/mol. The first-order valence-electron chi connectivity index (χ1n) is 9.94. The van der Waals surface area contributed by atoms with Crippen molar-refractivity contribution >= 4 is 35.2 Å². The van der Waals surface area contributed by atoms with Gasteiger partial charge in [0.15, 0.2) is 0 Å². The fraction of sp³-hybridized carbons (Fsp3) is 0.250. The van der Waals surface area contributed by atoms with E-state index in [9.17, 15) is 19.6 Å². The molecule has 0 saturated carbocycles. The Balaban J connectivity index is 1.87. The minimum atomic E-state index is -1.19. The number of allylic oxidation sites excluding steroid dienone is 1. The molecule has 3 rings (SSSR count). The summed E-state index contributed by atoms with van der Waals surface area (Å²) < 4.78 is 4.82. The molecule has 0 aromatic heterocycles. The van der Waals surface area contributed by atoms with Crippen LogP contribution in [0.25, 0.3) is 0 Å². The maximum Gasteiger partial charge on any atom is 0.319 e. The summed E-state index contributed by atoms with van der Waals surface area (Å²) in [6.45, 7) is 3.88. The Morgan fingerprint density at radius 3 is 2.53 bits per heavy atom. The van der Waals surface area contributed by atoms with Gasteiger partial charge >= 0.3 is 5.97 Å². The number of ether oxygens (including phenoxy) is 1. The standard InChI is InChI=1S/C24H23N3O4S/c1-14-8-7-11-18(15(14)2)26-19(28)13-32-23-17(12-25)20(16-9-5-4-6-10-16)21(22(29)27-23)24(30)31-3/h4-11,20-21H,13H2,1-3H3,(H,26,28)(H,27,29)/t20-,21-/m0/s1. The Morgan fingerprint density at radius 1 is 1.16 bits per heavy atom. The molecule has 0 bridgehead atoms. The summed E-state index contributed by atoms with van der Waals surface area (Å²) in [6, 6.07) is 16.6. The van der Waals surface area contributed by atoms with Crippen molar-refractivity contribution in [1.82, 2.24) is 5.32 Å². The lowest BCUT2D eigenvalue weighted by molar-refractivity contribution is -0.150. The molecule has 0 spiro atoms. The summed E-state index contributed by atoms with van der Waals surface area (Å²) in [7, 11) is 1.20. The maximum atomic E-state index is 12.8. The number of nitrogens with zero attached hydrogens (tertiary/aromatic N) is 1. The molecule has 2 N–H and O–H groups in total. The minimum Gasteiger partial charge on any atom is -0.468 e. The topological polar surface area (TPSA) is 108 Å². The molecule has 1 heterocycles. The minimum absolute atomic E-state index is 0.0153. The number of nitriles is 1. The molecule has 0 saturated heterocycles. The number of rotatable bonds is 6. The van der Waals surface area contributed by atoms with Crippen LogP contribution in [0.3, 0.4) is 0 Å². The fourth-order valence-corrected chi connectivity index (χ4v) is 4.40. The van der Waals surface area contributed by atoms with Gasteiger partial charge in [0, 0.05) is 11.6 Å². The number of anilines is 1. The van der Waals surface area contributed by atoms with Crippen LogP contribution in [0.2, 0.25) is 0 Å². The Kier molecular flexibility index (Phi) is 7.33. The van der Waals surface area contributed by atoms with Gasteiger partial charge in [-0.1, -0.05) is 54.2 Å². The van der Waals surface area contributed by atoms with E-state index >= 15 is 0 Å². The van der Waals surface area contributed by atoms with E-state index in [-0.39, 0.29) is 22.3 Å². The molecule has 2 aromatic carbocycles. The van der Waals surface area contributed by atoms with Gasteiger partial charge < -0.3 is 15.4 Å². The van der Waals surface area contributed by atoms with E-state index in [0.29, 0.717) is 11.3 Å². The number of hydrogen-bond donors (Lipinski definition) is 2. The number of thioether (sulfide) groups is 1. The highest BCUT2D eigenvalue weighted by Gasteiger charge is 2.44. The zero-order chi connectivity index (χ0) is 23.3. The third kappa shape index (κ3) is 4.84. The van der Waals surface area contributed by atoms with Gasteiger partial charge in [-0.25, -0.2) is 0 Å². The largest absolute Gasteiger partial charge is 0.468 e. The molecule has 7 nitrogen and oxygen atoms in total. The molecule has 0 fully saturated rings. The molecule has 1 aliphatic rings. The second-order valence-corrected chi connectivity index (χ2v) is 8.30. The maximum absolute atomic E-state index is 12.8. The van der Waals surface area contributed by atoms with Crippen LogP contribution in [-0.4, -0.2) is 30.6 Å². The van der Waals surface area contributed by atoms with E-state index in [2.05, 4.69) is 16.7 Å². The highest BCUT2D eigenvalue weighted by molar-refractivity contribution is 8.03. The first kappa shape index (κ1) is 23.1. The van der Waals surface area contributed by atoms with Gasteiger partial charge in [0.05, 0.1) is 29.5 Å².